The van der Waals surface area contributed by atoms with Crippen molar-refractivity contribution in [1.29, 1.82) is 0 Å². The number of nitrogens with two attached hydrogens (primary N) is 1. The van der Waals surface area contributed by atoms with Crippen molar-refractivity contribution in [3.63, 3.8) is 0 Å². The molecule has 0 saturated carbocycles. The third kappa shape index (κ3) is 2.66. The predicted octanol–water partition coefficient (Wildman–Crippen LogP) is 2.17. The molecule has 0 fully saturated rings. The lowest BCUT2D eigenvalue weighted by Crippen LogP contribution is -2.05. The Kier molecular flexibility index (Phi) is 3.41. The number of hydrogen-bond acceptors (Lipinski definition) is 4. The first-order valence-electron chi connectivity index (χ1n) is 6.49. The van der Waals surface area contributed by atoms with E-state index in [0.717, 1.165) is 30.0 Å². The second kappa shape index (κ2) is 5.52. The van der Waals surface area contributed by atoms with Crippen molar-refractivity contribution in [3.05, 3.63) is 60.2 Å². The predicted molar refractivity (Wildman–Crippen MR) is 77.8 cm³/mol. The van der Waals surface area contributed by atoms with E-state index in [2.05, 4.69) is 27.7 Å². The molecule has 1 heterocycles. The molecule has 2 aromatic carbocycles. The highest BCUT2D eigenvalue weighted by Crippen LogP contribution is 2.17. The molecule has 0 atom stereocenters. The molecule has 0 bridgehead atoms. The van der Waals surface area contributed by atoms with Crippen LogP contribution < -0.4 is 5.73 Å². The summed E-state index contributed by atoms with van der Waals surface area (Å²) in [5, 5.41) is 11.9. The van der Waals surface area contributed by atoms with Gasteiger partial charge in [-0.05, 0) is 46.7 Å². The first kappa shape index (κ1) is 12.3. The van der Waals surface area contributed by atoms with Crippen LogP contribution in [0.5, 0.6) is 0 Å². The zero-order chi connectivity index (χ0) is 13.8. The Hall–Kier alpha value is -2.69. The minimum absolute atomic E-state index is 0.733. The molecule has 0 spiro atoms. The van der Waals surface area contributed by atoms with E-state index in [0.29, 0.717) is 0 Å². The van der Waals surface area contributed by atoms with Gasteiger partial charge in [0.15, 0.2) is 5.82 Å². The smallest absolute Gasteiger partial charge is 0.182 e. The summed E-state index contributed by atoms with van der Waals surface area (Å²) in [4.78, 5) is 0. The molecule has 0 saturated heterocycles. The number of anilines is 1. The van der Waals surface area contributed by atoms with Gasteiger partial charge in [-0.3, -0.25) is 0 Å². The minimum Gasteiger partial charge on any atom is -0.399 e. The molecule has 3 rings (SSSR count). The van der Waals surface area contributed by atoms with Crippen LogP contribution in [0.3, 0.4) is 0 Å². The van der Waals surface area contributed by atoms with Crippen molar-refractivity contribution >= 4 is 5.69 Å². The lowest BCUT2D eigenvalue weighted by Gasteiger charge is -2.05. The molecule has 1 aromatic heterocycles. The van der Waals surface area contributed by atoms with Gasteiger partial charge < -0.3 is 5.73 Å². The van der Waals surface area contributed by atoms with Crippen LogP contribution in [0.25, 0.3) is 11.4 Å². The van der Waals surface area contributed by atoms with Gasteiger partial charge in [0.2, 0.25) is 0 Å². The standard InChI is InChI=1S/C15H15N5/c16-14-8-6-13(7-9-14)15-17-18-19-20(15)11-10-12-4-2-1-3-5-12/h1-9H,10-11,16H2. The third-order valence-corrected chi connectivity index (χ3v) is 3.16. The summed E-state index contributed by atoms with van der Waals surface area (Å²) >= 11 is 0. The molecule has 0 unspecified atom stereocenters. The fourth-order valence-electron chi connectivity index (χ4n) is 2.07. The van der Waals surface area contributed by atoms with Crippen LogP contribution in [0.2, 0.25) is 0 Å². The summed E-state index contributed by atoms with van der Waals surface area (Å²) in [6.45, 7) is 0.747. The number of tetrazole rings is 1. The Morgan fingerprint density at radius 1 is 0.950 bits per heavy atom. The van der Waals surface area contributed by atoms with Crippen LogP contribution in [0.4, 0.5) is 5.69 Å². The van der Waals surface area contributed by atoms with E-state index >= 15 is 0 Å². The van der Waals surface area contributed by atoms with Crippen molar-refractivity contribution in [2.75, 3.05) is 5.73 Å². The summed E-state index contributed by atoms with van der Waals surface area (Å²) in [6.07, 6.45) is 0.897. The molecular formula is C15H15N5. The lowest BCUT2D eigenvalue weighted by atomic mass is 10.1. The second-order valence-electron chi connectivity index (χ2n) is 4.58. The topological polar surface area (TPSA) is 69.6 Å². The Labute approximate surface area is 117 Å². The van der Waals surface area contributed by atoms with Crippen LogP contribution in [0.15, 0.2) is 54.6 Å². The summed E-state index contributed by atoms with van der Waals surface area (Å²) < 4.78 is 1.82. The van der Waals surface area contributed by atoms with E-state index in [9.17, 15) is 0 Å². The highest BCUT2D eigenvalue weighted by atomic mass is 15.5. The number of hydrogen-bond donors (Lipinski definition) is 1. The van der Waals surface area contributed by atoms with Gasteiger partial charge in [0, 0.05) is 17.8 Å². The van der Waals surface area contributed by atoms with Crippen LogP contribution in [0, 0.1) is 0 Å². The average molecular weight is 265 g/mol. The number of nitrogen functional groups attached to an aromatic ring is 1. The summed E-state index contributed by atoms with van der Waals surface area (Å²) in [6, 6.07) is 17.9. The van der Waals surface area contributed by atoms with Crippen LogP contribution in [-0.4, -0.2) is 20.2 Å². The molecule has 0 radical (unpaired) electrons. The lowest BCUT2D eigenvalue weighted by molar-refractivity contribution is 0.594. The maximum atomic E-state index is 5.69. The minimum atomic E-state index is 0.733. The fraction of sp³-hybridized carbons (Fsp3) is 0.133. The first-order valence-corrected chi connectivity index (χ1v) is 6.49. The molecule has 0 aliphatic rings. The molecular weight excluding hydrogens is 250 g/mol. The Balaban J connectivity index is 1.78. The normalized spacial score (nSPS) is 10.6. The van der Waals surface area contributed by atoms with Gasteiger partial charge in [-0.2, -0.15) is 0 Å². The maximum Gasteiger partial charge on any atom is 0.182 e. The molecule has 0 aliphatic carbocycles. The molecule has 2 N–H and O–H groups in total. The number of nitrogens with zero attached hydrogens (tertiary/aromatic N) is 4. The highest BCUT2D eigenvalue weighted by Gasteiger charge is 2.08. The molecule has 20 heavy (non-hydrogen) atoms. The maximum absolute atomic E-state index is 5.69. The van der Waals surface area contributed by atoms with E-state index < -0.39 is 0 Å². The molecule has 100 valence electrons. The summed E-state index contributed by atoms with van der Waals surface area (Å²) in [7, 11) is 0. The quantitative estimate of drug-likeness (QED) is 0.734. The van der Waals surface area contributed by atoms with Crippen molar-refractivity contribution in [3.8, 4) is 11.4 Å². The van der Waals surface area contributed by atoms with Crippen molar-refractivity contribution < 1.29 is 0 Å². The van der Waals surface area contributed by atoms with E-state index in [-0.39, 0.29) is 0 Å². The van der Waals surface area contributed by atoms with Crippen LogP contribution in [-0.2, 0) is 13.0 Å². The molecule has 5 nitrogen and oxygen atoms in total. The third-order valence-electron chi connectivity index (χ3n) is 3.16. The molecule has 5 heteroatoms. The van der Waals surface area contributed by atoms with Crippen LogP contribution >= 0.6 is 0 Å². The average Bonchev–Trinajstić information content (AvgIpc) is 2.95. The highest BCUT2D eigenvalue weighted by molar-refractivity contribution is 5.58. The number of rotatable bonds is 4. The van der Waals surface area contributed by atoms with Gasteiger partial charge in [-0.1, -0.05) is 30.3 Å². The van der Waals surface area contributed by atoms with E-state index in [1.807, 2.05) is 47.1 Å². The van der Waals surface area contributed by atoms with Crippen molar-refractivity contribution in [1.82, 2.24) is 20.2 Å². The fourth-order valence-corrected chi connectivity index (χ4v) is 2.07. The van der Waals surface area contributed by atoms with E-state index in [4.69, 9.17) is 5.73 Å². The van der Waals surface area contributed by atoms with E-state index in [1.165, 1.54) is 5.56 Å². The van der Waals surface area contributed by atoms with Gasteiger partial charge in [-0.25, -0.2) is 4.68 Å². The largest absolute Gasteiger partial charge is 0.399 e. The van der Waals surface area contributed by atoms with E-state index in [1.54, 1.807) is 0 Å². The van der Waals surface area contributed by atoms with Gasteiger partial charge in [0.25, 0.3) is 0 Å². The monoisotopic (exact) mass is 265 g/mol. The van der Waals surface area contributed by atoms with Gasteiger partial charge in [-0.15, -0.1) is 5.10 Å². The number of aryl methyl sites for hydroxylation is 2. The van der Waals surface area contributed by atoms with Gasteiger partial charge in [0.05, 0.1) is 0 Å². The van der Waals surface area contributed by atoms with Gasteiger partial charge >= 0.3 is 0 Å². The zero-order valence-corrected chi connectivity index (χ0v) is 11.0. The SMILES string of the molecule is Nc1ccc(-c2nnnn2CCc2ccccc2)cc1. The second-order valence-corrected chi connectivity index (χ2v) is 4.58. The Morgan fingerprint density at radius 2 is 1.70 bits per heavy atom. The molecule has 3 aromatic rings. The number of benzene rings is 2. The Morgan fingerprint density at radius 3 is 2.45 bits per heavy atom. The zero-order valence-electron chi connectivity index (χ0n) is 11.0. The summed E-state index contributed by atoms with van der Waals surface area (Å²) in [5.41, 5.74) is 8.67. The first-order chi connectivity index (χ1) is 9.83. The number of aromatic nitrogens is 4. The van der Waals surface area contributed by atoms with Gasteiger partial charge in [0.1, 0.15) is 0 Å². The molecule has 0 aliphatic heterocycles. The van der Waals surface area contributed by atoms with Crippen molar-refractivity contribution in [2.45, 2.75) is 13.0 Å². The Bertz CT molecular complexity index is 673. The molecule has 0 amide bonds. The van der Waals surface area contributed by atoms with Crippen molar-refractivity contribution in [2.24, 2.45) is 0 Å². The summed E-state index contributed by atoms with van der Waals surface area (Å²) in [5.74, 6) is 0.765. The van der Waals surface area contributed by atoms with Crippen LogP contribution in [0.1, 0.15) is 5.56 Å².